The molecular formula is C40H54O2. The molecule has 0 amide bonds. The molecule has 0 aromatic heterocycles. The van der Waals surface area contributed by atoms with Gasteiger partial charge in [0, 0.05) is 11.8 Å². The summed E-state index contributed by atoms with van der Waals surface area (Å²) in [5.41, 5.74) is 9.21. The van der Waals surface area contributed by atoms with E-state index in [1.54, 1.807) is 0 Å². The molecule has 2 aliphatic carbocycles. The SMILES string of the molecule is CC(C=CC=C(C)C=CC1=C(C)CCCC1(C)C)=CC=CC=C(C)C=CC=C(C)C=CC1=C(C)C(=O)CC(O)C1(C)C. The Morgan fingerprint density at radius 2 is 1.17 bits per heavy atom. The molecule has 0 aliphatic heterocycles. The van der Waals surface area contributed by atoms with Gasteiger partial charge in [-0.25, -0.2) is 0 Å². The minimum absolute atomic E-state index is 0.0276. The fourth-order valence-corrected chi connectivity index (χ4v) is 5.52. The van der Waals surface area contributed by atoms with Crippen LogP contribution in [0.1, 0.15) is 94.9 Å². The Morgan fingerprint density at radius 1 is 0.714 bits per heavy atom. The van der Waals surface area contributed by atoms with E-state index in [1.807, 2.05) is 45.9 Å². The van der Waals surface area contributed by atoms with E-state index < -0.39 is 11.5 Å². The summed E-state index contributed by atoms with van der Waals surface area (Å²) in [7, 11) is 0. The lowest BCUT2D eigenvalue weighted by Crippen LogP contribution is -2.38. The molecule has 0 fully saturated rings. The minimum atomic E-state index is -0.650. The number of aliphatic hydroxyl groups excluding tert-OH is 1. The van der Waals surface area contributed by atoms with Gasteiger partial charge in [-0.1, -0.05) is 141 Å². The van der Waals surface area contributed by atoms with Crippen molar-refractivity contribution in [2.75, 3.05) is 0 Å². The van der Waals surface area contributed by atoms with Crippen LogP contribution < -0.4 is 0 Å². The van der Waals surface area contributed by atoms with Gasteiger partial charge in [-0.2, -0.15) is 0 Å². The highest BCUT2D eigenvalue weighted by atomic mass is 16.3. The lowest BCUT2D eigenvalue weighted by atomic mass is 9.70. The molecule has 1 unspecified atom stereocenters. The molecule has 1 N–H and O–H groups in total. The van der Waals surface area contributed by atoms with Crippen molar-refractivity contribution < 1.29 is 9.90 Å². The molecule has 42 heavy (non-hydrogen) atoms. The quantitative estimate of drug-likeness (QED) is 0.267. The fraction of sp³-hybridized carbons (Fsp3) is 0.425. The Bertz CT molecular complexity index is 1330. The highest BCUT2D eigenvalue weighted by molar-refractivity contribution is 5.97. The Kier molecular flexibility index (Phi) is 13.2. The number of allylic oxidation sites excluding steroid dienone is 21. The van der Waals surface area contributed by atoms with Crippen LogP contribution in [-0.2, 0) is 4.79 Å². The Hall–Kier alpha value is -3.23. The van der Waals surface area contributed by atoms with Crippen molar-refractivity contribution in [2.24, 2.45) is 10.8 Å². The minimum Gasteiger partial charge on any atom is -0.392 e. The van der Waals surface area contributed by atoms with Gasteiger partial charge in [-0.3, -0.25) is 4.79 Å². The van der Waals surface area contributed by atoms with E-state index in [0.717, 1.165) is 22.3 Å². The molecule has 0 radical (unpaired) electrons. The van der Waals surface area contributed by atoms with Crippen LogP contribution in [0.5, 0.6) is 0 Å². The smallest absolute Gasteiger partial charge is 0.161 e. The summed E-state index contributed by atoms with van der Waals surface area (Å²) in [6, 6.07) is 0. The number of hydrogen-bond donors (Lipinski definition) is 1. The summed E-state index contributed by atoms with van der Waals surface area (Å²) in [6.45, 7) is 21.2. The van der Waals surface area contributed by atoms with Crippen molar-refractivity contribution in [3.63, 3.8) is 0 Å². The van der Waals surface area contributed by atoms with E-state index in [-0.39, 0.29) is 17.6 Å². The summed E-state index contributed by atoms with van der Waals surface area (Å²) in [4.78, 5) is 12.2. The molecule has 226 valence electrons. The Labute approximate surface area is 256 Å². The van der Waals surface area contributed by atoms with Gasteiger partial charge >= 0.3 is 0 Å². The monoisotopic (exact) mass is 566 g/mol. The third-order valence-electron chi connectivity index (χ3n) is 8.56. The van der Waals surface area contributed by atoms with Gasteiger partial charge in [0.25, 0.3) is 0 Å². The first-order valence-electron chi connectivity index (χ1n) is 15.4. The standard InChI is InChI=1S/C40H54O2/c1-29(18-13-20-31(3)23-25-35-33(5)22-15-27-39(35,7)8)16-11-12-17-30(2)19-14-21-32(4)24-26-36-34(6)37(41)28-38(42)40(36,9)10/h11-14,16-21,23-26,38,42H,15,22,27-28H2,1-10H3. The third kappa shape index (κ3) is 10.6. The molecule has 0 saturated heterocycles. The molecule has 0 aromatic carbocycles. The highest BCUT2D eigenvalue weighted by Gasteiger charge is 2.38. The van der Waals surface area contributed by atoms with E-state index in [1.165, 1.54) is 41.6 Å². The lowest BCUT2D eigenvalue weighted by Gasteiger charge is -2.36. The molecule has 2 heteroatoms. The summed E-state index contributed by atoms with van der Waals surface area (Å²) in [5.74, 6) is 0.0276. The average molecular weight is 567 g/mol. The normalized spacial score (nSPS) is 23.3. The van der Waals surface area contributed by atoms with Crippen LogP contribution in [0.25, 0.3) is 0 Å². The summed E-state index contributed by atoms with van der Waals surface area (Å²) in [6.07, 6.45) is 32.8. The molecule has 2 rings (SSSR count). The maximum atomic E-state index is 12.2. The van der Waals surface area contributed by atoms with Crippen LogP contribution >= 0.6 is 0 Å². The second-order valence-electron chi connectivity index (χ2n) is 13.2. The Morgan fingerprint density at radius 3 is 1.67 bits per heavy atom. The highest BCUT2D eigenvalue weighted by Crippen LogP contribution is 2.41. The number of carbonyl (C=O) groups excluding carboxylic acids is 1. The van der Waals surface area contributed by atoms with Crippen LogP contribution in [0.3, 0.4) is 0 Å². The first kappa shape index (κ1) is 35.0. The van der Waals surface area contributed by atoms with E-state index in [4.69, 9.17) is 0 Å². The van der Waals surface area contributed by atoms with Crippen LogP contribution in [0.4, 0.5) is 0 Å². The number of aliphatic hydroxyl groups is 1. The zero-order chi connectivity index (χ0) is 31.5. The van der Waals surface area contributed by atoms with Crippen molar-refractivity contribution in [2.45, 2.75) is 101 Å². The average Bonchev–Trinajstić information content (AvgIpc) is 2.89. The van der Waals surface area contributed by atoms with Crippen LogP contribution in [0, 0.1) is 10.8 Å². The lowest BCUT2D eigenvalue weighted by molar-refractivity contribution is -0.120. The number of rotatable bonds is 10. The van der Waals surface area contributed by atoms with E-state index >= 15 is 0 Å². The molecule has 1 atom stereocenters. The van der Waals surface area contributed by atoms with E-state index in [2.05, 4.69) is 108 Å². The van der Waals surface area contributed by atoms with Gasteiger partial charge in [0.1, 0.15) is 0 Å². The van der Waals surface area contributed by atoms with E-state index in [0.29, 0.717) is 0 Å². The van der Waals surface area contributed by atoms with Crippen molar-refractivity contribution in [3.8, 4) is 0 Å². The van der Waals surface area contributed by atoms with Crippen LogP contribution in [0.15, 0.2) is 130 Å². The Balaban J connectivity index is 1.92. The van der Waals surface area contributed by atoms with Crippen molar-refractivity contribution >= 4 is 5.78 Å². The maximum Gasteiger partial charge on any atom is 0.161 e. The van der Waals surface area contributed by atoms with Gasteiger partial charge in [0.2, 0.25) is 0 Å². The maximum absolute atomic E-state index is 12.2. The van der Waals surface area contributed by atoms with Gasteiger partial charge in [0.15, 0.2) is 5.78 Å². The van der Waals surface area contributed by atoms with Gasteiger partial charge < -0.3 is 5.11 Å². The van der Waals surface area contributed by atoms with Crippen molar-refractivity contribution in [1.82, 2.24) is 0 Å². The fourth-order valence-electron chi connectivity index (χ4n) is 5.52. The predicted molar refractivity (Wildman–Crippen MR) is 183 cm³/mol. The molecule has 2 nitrogen and oxygen atoms in total. The van der Waals surface area contributed by atoms with Crippen LogP contribution in [0.2, 0.25) is 0 Å². The van der Waals surface area contributed by atoms with E-state index in [9.17, 15) is 9.90 Å². The summed E-state index contributed by atoms with van der Waals surface area (Å²) < 4.78 is 0. The molecule has 0 heterocycles. The molecule has 0 spiro atoms. The van der Waals surface area contributed by atoms with Crippen LogP contribution in [-0.4, -0.2) is 17.0 Å². The molecular weight excluding hydrogens is 512 g/mol. The molecule has 0 saturated carbocycles. The van der Waals surface area contributed by atoms with Gasteiger partial charge in [0.05, 0.1) is 6.10 Å². The number of Topliss-reactive ketones (excluding diaryl/α,β-unsaturated/α-hetero) is 1. The van der Waals surface area contributed by atoms with Crippen molar-refractivity contribution in [1.29, 1.82) is 0 Å². The summed E-state index contributed by atoms with van der Waals surface area (Å²) in [5, 5.41) is 10.4. The number of hydrogen-bond acceptors (Lipinski definition) is 2. The molecule has 0 bridgehead atoms. The third-order valence-corrected chi connectivity index (χ3v) is 8.56. The first-order valence-corrected chi connectivity index (χ1v) is 15.4. The second-order valence-corrected chi connectivity index (χ2v) is 13.2. The summed E-state index contributed by atoms with van der Waals surface area (Å²) >= 11 is 0. The largest absolute Gasteiger partial charge is 0.392 e. The van der Waals surface area contributed by atoms with Gasteiger partial charge in [-0.05, 0) is 82.9 Å². The predicted octanol–water partition coefficient (Wildman–Crippen LogP) is 10.8. The zero-order valence-electron chi connectivity index (χ0n) is 27.8. The second kappa shape index (κ2) is 15.8. The topological polar surface area (TPSA) is 37.3 Å². The molecule has 2 aliphatic rings. The number of ketones is 1. The molecule has 0 aromatic rings. The zero-order valence-corrected chi connectivity index (χ0v) is 27.8. The first-order chi connectivity index (χ1) is 19.6. The number of carbonyl (C=O) groups is 1. The van der Waals surface area contributed by atoms with Crippen molar-refractivity contribution in [3.05, 3.63) is 130 Å². The van der Waals surface area contributed by atoms with Gasteiger partial charge in [-0.15, -0.1) is 0 Å².